The van der Waals surface area contributed by atoms with Crippen LogP contribution in [-0.2, 0) is 0 Å². The molecule has 0 rings (SSSR count). The van der Waals surface area contributed by atoms with E-state index in [4.69, 9.17) is 0 Å². The Kier molecular flexibility index (Phi) is 11.4. The molecule has 0 aliphatic carbocycles. The van der Waals surface area contributed by atoms with E-state index in [1.165, 1.54) is 36.5 Å². The molecule has 0 unspecified atom stereocenters. The van der Waals surface area contributed by atoms with Gasteiger partial charge in [-0.2, -0.15) is 0 Å². The van der Waals surface area contributed by atoms with Crippen LogP contribution in [-0.4, -0.2) is 4.43 Å². The smallest absolute Gasteiger partial charge is 0.000178 e. The molecule has 0 saturated carbocycles. The van der Waals surface area contributed by atoms with E-state index < -0.39 is 0 Å². The van der Waals surface area contributed by atoms with Crippen molar-refractivity contribution in [3.63, 3.8) is 0 Å². The molecule has 0 aromatic heterocycles. The molecule has 0 aliphatic rings. The number of allylic oxidation sites excluding steroid dienone is 4. The minimum Gasteiger partial charge on any atom is -0.0864 e. The monoisotopic (exact) mass is 278 g/mol. The average Bonchev–Trinajstić information content (AvgIpc) is 2.10. The van der Waals surface area contributed by atoms with Gasteiger partial charge in [0.25, 0.3) is 0 Å². The van der Waals surface area contributed by atoms with Crippen molar-refractivity contribution in [1.29, 1.82) is 0 Å². The van der Waals surface area contributed by atoms with E-state index in [1.807, 2.05) is 0 Å². The van der Waals surface area contributed by atoms with Gasteiger partial charge >= 0.3 is 0 Å². The molecule has 12 heavy (non-hydrogen) atoms. The maximum atomic E-state index is 2.41. The van der Waals surface area contributed by atoms with Crippen LogP contribution < -0.4 is 0 Å². The first kappa shape index (κ1) is 12.2. The Morgan fingerprint density at radius 3 is 2.08 bits per heavy atom. The summed E-state index contributed by atoms with van der Waals surface area (Å²) in [5.74, 6) is 0. The molecule has 0 radical (unpaired) electrons. The largest absolute Gasteiger partial charge is 0.0864 e. The van der Waals surface area contributed by atoms with Crippen molar-refractivity contribution in [3.05, 3.63) is 24.3 Å². The molecule has 70 valence electrons. The molecule has 0 aromatic rings. The van der Waals surface area contributed by atoms with Gasteiger partial charge in [0.15, 0.2) is 0 Å². The maximum Gasteiger partial charge on any atom is -0.000178 e. The van der Waals surface area contributed by atoms with Gasteiger partial charge in [-0.1, -0.05) is 66.7 Å². The van der Waals surface area contributed by atoms with E-state index in [0.717, 1.165) is 0 Å². The van der Waals surface area contributed by atoms with Gasteiger partial charge in [0.05, 0.1) is 0 Å². The van der Waals surface area contributed by atoms with Crippen LogP contribution in [0.5, 0.6) is 0 Å². The standard InChI is InChI=1S/C11H19I/c1-2-3-4-5-6-7-8-9-10-11-12/h5-8H,2-4,9-11H2,1H3/b6-5-,8-7+. The minimum atomic E-state index is 1.22. The van der Waals surface area contributed by atoms with Gasteiger partial charge in [-0.25, -0.2) is 0 Å². The van der Waals surface area contributed by atoms with E-state index in [2.05, 4.69) is 53.8 Å². The lowest BCUT2D eigenvalue weighted by Crippen LogP contribution is -1.69. The lowest BCUT2D eigenvalue weighted by molar-refractivity contribution is 0.815. The van der Waals surface area contributed by atoms with Gasteiger partial charge < -0.3 is 0 Å². The van der Waals surface area contributed by atoms with E-state index >= 15 is 0 Å². The molecule has 0 bridgehead atoms. The van der Waals surface area contributed by atoms with Gasteiger partial charge in [0, 0.05) is 0 Å². The molecule has 0 fully saturated rings. The molecule has 0 amide bonds. The predicted molar refractivity (Wildman–Crippen MR) is 65.9 cm³/mol. The number of hydrogen-bond donors (Lipinski definition) is 0. The number of rotatable bonds is 7. The van der Waals surface area contributed by atoms with Crippen molar-refractivity contribution in [1.82, 2.24) is 0 Å². The highest BCUT2D eigenvalue weighted by atomic mass is 127. The van der Waals surface area contributed by atoms with Crippen LogP contribution in [0.3, 0.4) is 0 Å². The summed E-state index contributed by atoms with van der Waals surface area (Å²) in [6.45, 7) is 2.23. The summed E-state index contributed by atoms with van der Waals surface area (Å²) >= 11 is 2.41. The fourth-order valence-electron chi connectivity index (χ4n) is 0.867. The van der Waals surface area contributed by atoms with Crippen molar-refractivity contribution < 1.29 is 0 Å². The minimum absolute atomic E-state index is 1.22. The summed E-state index contributed by atoms with van der Waals surface area (Å²) in [7, 11) is 0. The SMILES string of the molecule is CCCC/C=C\C=C\CCCI. The Bertz CT molecular complexity index is 109. The van der Waals surface area contributed by atoms with Crippen LogP contribution in [0.1, 0.15) is 39.0 Å². The number of alkyl halides is 1. The zero-order valence-electron chi connectivity index (χ0n) is 7.93. The summed E-state index contributed by atoms with van der Waals surface area (Å²) in [6.07, 6.45) is 15.2. The number of unbranched alkanes of at least 4 members (excludes halogenated alkanes) is 3. The Balaban J connectivity index is 3.15. The van der Waals surface area contributed by atoms with Crippen LogP contribution in [0.25, 0.3) is 0 Å². The third-order valence-corrected chi connectivity index (χ3v) is 2.37. The number of halogens is 1. The van der Waals surface area contributed by atoms with E-state index in [0.29, 0.717) is 0 Å². The van der Waals surface area contributed by atoms with E-state index in [1.54, 1.807) is 0 Å². The average molecular weight is 278 g/mol. The molecule has 0 spiro atoms. The Labute approximate surface area is 90.3 Å². The number of hydrogen-bond acceptors (Lipinski definition) is 0. The van der Waals surface area contributed by atoms with E-state index in [9.17, 15) is 0 Å². The van der Waals surface area contributed by atoms with Crippen LogP contribution in [0.2, 0.25) is 0 Å². The summed E-state index contributed by atoms with van der Waals surface area (Å²) in [4.78, 5) is 0. The van der Waals surface area contributed by atoms with Crippen LogP contribution in [0.4, 0.5) is 0 Å². The Morgan fingerprint density at radius 1 is 1.00 bits per heavy atom. The topological polar surface area (TPSA) is 0 Å². The van der Waals surface area contributed by atoms with Gasteiger partial charge in [-0.15, -0.1) is 0 Å². The summed E-state index contributed by atoms with van der Waals surface area (Å²) in [5, 5.41) is 0. The van der Waals surface area contributed by atoms with Crippen molar-refractivity contribution in [2.45, 2.75) is 39.0 Å². The van der Waals surface area contributed by atoms with Crippen LogP contribution in [0.15, 0.2) is 24.3 Å². The lowest BCUT2D eigenvalue weighted by atomic mass is 10.2. The Hall–Kier alpha value is 0.210. The van der Waals surface area contributed by atoms with Crippen LogP contribution >= 0.6 is 22.6 Å². The second-order valence-electron chi connectivity index (χ2n) is 2.83. The van der Waals surface area contributed by atoms with Crippen LogP contribution in [0, 0.1) is 0 Å². The highest BCUT2D eigenvalue weighted by molar-refractivity contribution is 14.1. The Morgan fingerprint density at radius 2 is 1.58 bits per heavy atom. The van der Waals surface area contributed by atoms with Crippen molar-refractivity contribution >= 4 is 22.6 Å². The molecule has 0 atom stereocenters. The van der Waals surface area contributed by atoms with Crippen molar-refractivity contribution in [2.75, 3.05) is 4.43 Å². The molecular formula is C11H19I. The fraction of sp³-hybridized carbons (Fsp3) is 0.636. The van der Waals surface area contributed by atoms with Crippen molar-refractivity contribution in [2.24, 2.45) is 0 Å². The molecule has 0 nitrogen and oxygen atoms in total. The molecule has 0 aromatic carbocycles. The van der Waals surface area contributed by atoms with Gasteiger partial charge in [0.2, 0.25) is 0 Å². The highest BCUT2D eigenvalue weighted by Gasteiger charge is 1.77. The normalized spacial score (nSPS) is 11.8. The second-order valence-corrected chi connectivity index (χ2v) is 3.91. The fourth-order valence-corrected chi connectivity index (χ4v) is 1.31. The van der Waals surface area contributed by atoms with E-state index in [-0.39, 0.29) is 0 Å². The van der Waals surface area contributed by atoms with Gasteiger partial charge in [0.1, 0.15) is 0 Å². The zero-order chi connectivity index (χ0) is 9.07. The highest BCUT2D eigenvalue weighted by Crippen LogP contribution is 1.97. The quantitative estimate of drug-likeness (QED) is 0.278. The summed E-state index contributed by atoms with van der Waals surface area (Å²) < 4.78 is 1.27. The summed E-state index contributed by atoms with van der Waals surface area (Å²) in [5.41, 5.74) is 0. The third-order valence-electron chi connectivity index (χ3n) is 1.61. The third kappa shape index (κ3) is 10.2. The molecule has 1 heteroatoms. The molecule has 0 heterocycles. The molecule has 0 N–H and O–H groups in total. The van der Waals surface area contributed by atoms with Gasteiger partial charge in [-0.3, -0.25) is 0 Å². The van der Waals surface area contributed by atoms with Gasteiger partial charge in [-0.05, 0) is 23.7 Å². The molecule has 0 aliphatic heterocycles. The lowest BCUT2D eigenvalue weighted by Gasteiger charge is -1.86. The molecule has 0 saturated heterocycles. The predicted octanol–water partition coefficient (Wildman–Crippen LogP) is 4.50. The second kappa shape index (κ2) is 11.2. The first-order valence-electron chi connectivity index (χ1n) is 4.79. The summed E-state index contributed by atoms with van der Waals surface area (Å²) in [6, 6.07) is 0. The zero-order valence-corrected chi connectivity index (χ0v) is 10.1. The van der Waals surface area contributed by atoms with Crippen molar-refractivity contribution in [3.8, 4) is 0 Å². The first-order valence-corrected chi connectivity index (χ1v) is 6.32. The maximum absolute atomic E-state index is 2.41. The first-order chi connectivity index (χ1) is 5.91. The molecular weight excluding hydrogens is 259 g/mol.